The molecule has 7 nitrogen and oxygen atoms in total. The first-order valence-corrected chi connectivity index (χ1v) is 5.65. The average molecular weight is 313 g/mol. The number of nitrogens with one attached hydrogen (secondary N) is 2. The van der Waals surface area contributed by atoms with Crippen molar-refractivity contribution in [1.82, 2.24) is 15.2 Å². The normalized spacial score (nSPS) is 10.1. The summed E-state index contributed by atoms with van der Waals surface area (Å²) in [6.45, 7) is 0. The van der Waals surface area contributed by atoms with Gasteiger partial charge in [-0.25, -0.2) is 5.10 Å². The van der Waals surface area contributed by atoms with Crippen LogP contribution in [0.5, 0.6) is 11.8 Å². The highest BCUT2D eigenvalue weighted by Gasteiger charge is 2.11. The fourth-order valence-electron chi connectivity index (χ4n) is 1.23. The number of hydrogen-bond donors (Lipinski definition) is 3. The largest absolute Gasteiger partial charge is 0.507 e. The molecule has 0 fully saturated rings. The number of halogens is 1. The lowest BCUT2D eigenvalue weighted by Crippen LogP contribution is -2.12. The molecule has 3 N–H and O–H groups in total. The van der Waals surface area contributed by atoms with Gasteiger partial charge in [-0.05, 0) is 34.1 Å². The Balaban J connectivity index is 2.14. The van der Waals surface area contributed by atoms with Crippen LogP contribution in [0, 0.1) is 0 Å². The van der Waals surface area contributed by atoms with Crippen molar-refractivity contribution in [2.45, 2.75) is 0 Å². The van der Waals surface area contributed by atoms with E-state index in [0.29, 0.717) is 10.0 Å². The third-order valence-electron chi connectivity index (χ3n) is 2.09. The van der Waals surface area contributed by atoms with Gasteiger partial charge in [-0.3, -0.25) is 10.1 Å². The molecule has 1 aromatic heterocycles. The van der Waals surface area contributed by atoms with Crippen LogP contribution in [0.3, 0.4) is 0 Å². The molecule has 1 heterocycles. The van der Waals surface area contributed by atoms with Crippen molar-refractivity contribution in [3.05, 3.63) is 28.2 Å². The number of anilines is 1. The average Bonchev–Trinajstić information content (AvgIpc) is 2.80. The standard InChI is InChI=1S/C10H9BrN4O3/c1-18-10-13-9(14-15-10)12-8(17)5-2-3-6(11)7(16)4-5/h2-4,16H,1H3,(H2,12,13,14,15,17). The van der Waals surface area contributed by atoms with Crippen molar-refractivity contribution in [3.63, 3.8) is 0 Å². The van der Waals surface area contributed by atoms with Crippen LogP contribution in [0.15, 0.2) is 22.7 Å². The number of aromatic nitrogens is 3. The summed E-state index contributed by atoms with van der Waals surface area (Å²) in [6, 6.07) is 4.61. The van der Waals surface area contributed by atoms with Crippen molar-refractivity contribution in [3.8, 4) is 11.8 Å². The second-order valence-corrected chi connectivity index (χ2v) is 4.15. The molecule has 0 aliphatic carbocycles. The van der Waals surface area contributed by atoms with E-state index < -0.39 is 5.91 Å². The molecule has 1 amide bonds. The van der Waals surface area contributed by atoms with E-state index in [-0.39, 0.29) is 17.7 Å². The second kappa shape index (κ2) is 5.05. The van der Waals surface area contributed by atoms with Crippen molar-refractivity contribution in [2.24, 2.45) is 0 Å². The van der Waals surface area contributed by atoms with Crippen LogP contribution in [0.1, 0.15) is 10.4 Å². The maximum atomic E-state index is 11.8. The summed E-state index contributed by atoms with van der Waals surface area (Å²) in [7, 11) is 1.42. The lowest BCUT2D eigenvalue weighted by molar-refractivity contribution is 0.102. The highest BCUT2D eigenvalue weighted by molar-refractivity contribution is 9.10. The van der Waals surface area contributed by atoms with Crippen molar-refractivity contribution in [1.29, 1.82) is 0 Å². The number of aromatic amines is 1. The molecule has 8 heteroatoms. The highest BCUT2D eigenvalue weighted by atomic mass is 79.9. The Bertz CT molecular complexity index is 584. The summed E-state index contributed by atoms with van der Waals surface area (Å²) in [5.41, 5.74) is 0.297. The first-order valence-electron chi connectivity index (χ1n) is 4.86. The molecule has 0 saturated heterocycles. The van der Waals surface area contributed by atoms with Gasteiger partial charge in [0.15, 0.2) is 0 Å². The van der Waals surface area contributed by atoms with Crippen LogP contribution in [0.4, 0.5) is 5.95 Å². The Hall–Kier alpha value is -2.09. The van der Waals surface area contributed by atoms with Gasteiger partial charge in [-0.15, -0.1) is 5.10 Å². The number of H-pyrrole nitrogens is 1. The molecule has 2 rings (SSSR count). The number of nitrogens with zero attached hydrogens (tertiary/aromatic N) is 2. The number of phenolic OH excluding ortho intramolecular Hbond substituents is 1. The second-order valence-electron chi connectivity index (χ2n) is 3.29. The number of amides is 1. The zero-order valence-electron chi connectivity index (χ0n) is 9.27. The molecule has 0 aliphatic rings. The van der Waals surface area contributed by atoms with E-state index in [9.17, 15) is 9.90 Å². The SMILES string of the molecule is COc1n[nH]c(NC(=O)c2ccc(Br)c(O)c2)n1. The van der Waals surface area contributed by atoms with Gasteiger partial charge in [0, 0.05) is 5.56 Å². The van der Waals surface area contributed by atoms with E-state index in [1.807, 2.05) is 0 Å². The topological polar surface area (TPSA) is 100 Å². The van der Waals surface area contributed by atoms with E-state index in [1.165, 1.54) is 13.2 Å². The molecule has 0 unspecified atom stereocenters. The fourth-order valence-corrected chi connectivity index (χ4v) is 1.47. The highest BCUT2D eigenvalue weighted by Crippen LogP contribution is 2.24. The molecule has 1 aromatic carbocycles. The van der Waals surface area contributed by atoms with Crippen molar-refractivity contribution >= 4 is 27.8 Å². The van der Waals surface area contributed by atoms with Gasteiger partial charge < -0.3 is 9.84 Å². The van der Waals surface area contributed by atoms with Crippen LogP contribution >= 0.6 is 15.9 Å². The first kappa shape index (κ1) is 12.4. The van der Waals surface area contributed by atoms with E-state index in [2.05, 4.69) is 36.4 Å². The number of hydrogen-bond acceptors (Lipinski definition) is 5. The number of aromatic hydroxyl groups is 1. The van der Waals surface area contributed by atoms with Crippen LogP contribution in [-0.2, 0) is 0 Å². The summed E-state index contributed by atoms with van der Waals surface area (Å²) in [6.07, 6.45) is 0. The zero-order valence-corrected chi connectivity index (χ0v) is 10.9. The molecule has 94 valence electrons. The number of carbonyl (C=O) groups is 1. The van der Waals surface area contributed by atoms with Crippen LogP contribution in [0.2, 0.25) is 0 Å². The molecule has 0 radical (unpaired) electrons. The summed E-state index contributed by atoms with van der Waals surface area (Å²) in [5.74, 6) is -0.270. The number of ether oxygens (including phenoxy) is 1. The van der Waals surface area contributed by atoms with Crippen LogP contribution < -0.4 is 10.1 Å². The summed E-state index contributed by atoms with van der Waals surface area (Å²) >= 11 is 3.13. The molecular formula is C10H9BrN4O3. The molecule has 18 heavy (non-hydrogen) atoms. The number of phenols is 1. The Morgan fingerprint density at radius 1 is 1.56 bits per heavy atom. The van der Waals surface area contributed by atoms with Gasteiger partial charge in [0.05, 0.1) is 11.6 Å². The summed E-state index contributed by atoms with van der Waals surface area (Å²) in [5, 5.41) is 18.1. The number of carbonyl (C=O) groups excluding carboxylic acids is 1. The predicted molar refractivity (Wildman–Crippen MR) is 66.7 cm³/mol. The van der Waals surface area contributed by atoms with E-state index in [1.54, 1.807) is 12.1 Å². The van der Waals surface area contributed by atoms with E-state index in [4.69, 9.17) is 4.74 Å². The number of rotatable bonds is 3. The molecule has 0 spiro atoms. The Morgan fingerprint density at radius 3 is 2.94 bits per heavy atom. The number of benzene rings is 1. The molecule has 0 saturated carbocycles. The number of methoxy groups -OCH3 is 1. The first-order chi connectivity index (χ1) is 8.60. The molecule has 2 aromatic rings. The minimum atomic E-state index is -0.420. The van der Waals surface area contributed by atoms with Crippen molar-refractivity contribution in [2.75, 3.05) is 12.4 Å². The van der Waals surface area contributed by atoms with Gasteiger partial charge in [0.2, 0.25) is 5.95 Å². The zero-order chi connectivity index (χ0) is 13.1. The fraction of sp³-hybridized carbons (Fsp3) is 0.100. The minimum Gasteiger partial charge on any atom is -0.507 e. The smallest absolute Gasteiger partial charge is 0.336 e. The Kier molecular flexibility index (Phi) is 3.47. The Morgan fingerprint density at radius 2 is 2.33 bits per heavy atom. The van der Waals surface area contributed by atoms with Crippen molar-refractivity contribution < 1.29 is 14.6 Å². The van der Waals surface area contributed by atoms with E-state index in [0.717, 1.165) is 0 Å². The van der Waals surface area contributed by atoms with Gasteiger partial charge >= 0.3 is 6.01 Å². The van der Waals surface area contributed by atoms with Gasteiger partial charge in [-0.2, -0.15) is 4.98 Å². The van der Waals surface area contributed by atoms with Gasteiger partial charge in [-0.1, -0.05) is 0 Å². The third-order valence-corrected chi connectivity index (χ3v) is 2.76. The van der Waals surface area contributed by atoms with Gasteiger partial charge in [0.25, 0.3) is 5.91 Å². The molecular weight excluding hydrogens is 304 g/mol. The van der Waals surface area contributed by atoms with Gasteiger partial charge in [0.1, 0.15) is 5.75 Å². The maximum absolute atomic E-state index is 11.8. The lowest BCUT2D eigenvalue weighted by Gasteiger charge is -2.03. The monoisotopic (exact) mass is 312 g/mol. The summed E-state index contributed by atoms with van der Waals surface area (Å²) < 4.78 is 5.28. The Labute approximate surface area is 110 Å². The predicted octanol–water partition coefficient (Wildman–Crippen LogP) is 1.53. The molecule has 0 aliphatic heterocycles. The third kappa shape index (κ3) is 2.59. The van der Waals surface area contributed by atoms with Crippen LogP contribution in [-0.4, -0.2) is 33.3 Å². The quantitative estimate of drug-likeness (QED) is 0.798. The maximum Gasteiger partial charge on any atom is 0.336 e. The summed E-state index contributed by atoms with van der Waals surface area (Å²) in [4.78, 5) is 15.7. The minimum absolute atomic E-state index is 0.0159. The van der Waals surface area contributed by atoms with Crippen LogP contribution in [0.25, 0.3) is 0 Å². The lowest BCUT2D eigenvalue weighted by atomic mass is 10.2. The van der Waals surface area contributed by atoms with E-state index >= 15 is 0 Å². The molecule has 0 bridgehead atoms. The molecule has 0 atom stereocenters.